The first-order chi connectivity index (χ1) is 8.34. The van der Waals surface area contributed by atoms with Crippen molar-refractivity contribution in [3.8, 4) is 11.3 Å². The van der Waals surface area contributed by atoms with Crippen LogP contribution in [0.15, 0.2) is 48.8 Å². The van der Waals surface area contributed by atoms with E-state index in [1.54, 1.807) is 12.3 Å². The number of fused-ring (bicyclic) bond motifs is 1. The minimum atomic E-state index is 0.391. The van der Waals surface area contributed by atoms with Crippen molar-refractivity contribution < 1.29 is 0 Å². The molecule has 3 rings (SSSR count). The van der Waals surface area contributed by atoms with Crippen LogP contribution in [0.5, 0.6) is 0 Å². The highest BCUT2D eigenvalue weighted by molar-refractivity contribution is 6.29. The molecule has 3 nitrogen and oxygen atoms in total. The first-order valence-corrected chi connectivity index (χ1v) is 5.55. The molecule has 0 aliphatic rings. The van der Waals surface area contributed by atoms with Gasteiger partial charge in [-0.2, -0.15) is 0 Å². The van der Waals surface area contributed by atoms with Gasteiger partial charge < -0.3 is 0 Å². The average Bonchev–Trinajstić information content (AvgIpc) is 2.39. The Balaban J connectivity index is 2.27. The van der Waals surface area contributed by atoms with E-state index in [0.717, 1.165) is 22.0 Å². The smallest absolute Gasteiger partial charge is 0.151 e. The molecular weight excluding hydrogens is 234 g/mol. The van der Waals surface area contributed by atoms with Crippen molar-refractivity contribution in [3.05, 3.63) is 53.9 Å². The molecule has 0 fully saturated rings. The summed E-state index contributed by atoms with van der Waals surface area (Å²) in [6, 6.07) is 11.6. The van der Waals surface area contributed by atoms with Crippen LogP contribution in [0, 0.1) is 0 Å². The second-order valence-corrected chi connectivity index (χ2v) is 4.04. The third-order valence-electron chi connectivity index (χ3n) is 2.58. The van der Waals surface area contributed by atoms with E-state index in [2.05, 4.69) is 15.2 Å². The van der Waals surface area contributed by atoms with Crippen LogP contribution in [-0.4, -0.2) is 15.2 Å². The van der Waals surface area contributed by atoms with Crippen LogP contribution in [0.1, 0.15) is 0 Å². The molecule has 0 saturated carbocycles. The molecular formula is C13H8ClN3. The Hall–Kier alpha value is -2.00. The minimum Gasteiger partial charge on any atom is -0.263 e. The Kier molecular flexibility index (Phi) is 2.46. The summed E-state index contributed by atoms with van der Waals surface area (Å²) in [6.45, 7) is 0. The van der Waals surface area contributed by atoms with Crippen molar-refractivity contribution >= 4 is 22.4 Å². The Bertz CT molecular complexity index is 660. The molecule has 1 aromatic carbocycles. The summed E-state index contributed by atoms with van der Waals surface area (Å²) in [5.41, 5.74) is 1.74. The maximum atomic E-state index is 5.73. The van der Waals surface area contributed by atoms with Crippen molar-refractivity contribution in [2.24, 2.45) is 0 Å². The number of hydrogen-bond acceptors (Lipinski definition) is 3. The van der Waals surface area contributed by atoms with Gasteiger partial charge in [0.1, 0.15) is 0 Å². The standard InChI is InChI=1S/C13H8ClN3/c14-13-6-5-12(16-17-13)11-8-15-7-9-3-1-2-4-10(9)11/h1-8H. The van der Waals surface area contributed by atoms with E-state index in [1.165, 1.54) is 0 Å². The molecule has 0 amide bonds. The SMILES string of the molecule is Clc1ccc(-c2cncc3ccccc23)nn1. The zero-order valence-electron chi connectivity index (χ0n) is 8.84. The van der Waals surface area contributed by atoms with Crippen molar-refractivity contribution in [3.63, 3.8) is 0 Å². The number of hydrogen-bond donors (Lipinski definition) is 0. The molecule has 0 bridgehead atoms. The number of nitrogens with zero attached hydrogens (tertiary/aromatic N) is 3. The molecule has 4 heteroatoms. The molecule has 0 radical (unpaired) electrons. The van der Waals surface area contributed by atoms with Gasteiger partial charge in [0.25, 0.3) is 0 Å². The molecule has 3 aromatic rings. The number of halogens is 1. The zero-order valence-corrected chi connectivity index (χ0v) is 9.59. The first-order valence-electron chi connectivity index (χ1n) is 5.17. The molecule has 0 N–H and O–H groups in total. The molecule has 0 saturated heterocycles. The normalized spacial score (nSPS) is 10.6. The van der Waals surface area contributed by atoms with E-state index in [-0.39, 0.29) is 0 Å². The van der Waals surface area contributed by atoms with Crippen LogP contribution >= 0.6 is 11.6 Å². The number of pyridine rings is 1. The molecule has 0 atom stereocenters. The van der Waals surface area contributed by atoms with Crippen LogP contribution < -0.4 is 0 Å². The van der Waals surface area contributed by atoms with Gasteiger partial charge >= 0.3 is 0 Å². The lowest BCUT2D eigenvalue weighted by molar-refractivity contribution is 1.04. The highest BCUT2D eigenvalue weighted by Crippen LogP contribution is 2.25. The van der Waals surface area contributed by atoms with Crippen molar-refractivity contribution in [2.45, 2.75) is 0 Å². The van der Waals surface area contributed by atoms with Gasteiger partial charge in [0, 0.05) is 23.3 Å². The fraction of sp³-hybridized carbons (Fsp3) is 0. The monoisotopic (exact) mass is 241 g/mol. The molecule has 0 aliphatic heterocycles. The highest BCUT2D eigenvalue weighted by atomic mass is 35.5. The van der Waals surface area contributed by atoms with Gasteiger partial charge in [0.2, 0.25) is 0 Å². The predicted octanol–water partition coefficient (Wildman–Crippen LogP) is 3.35. The Labute approximate surface area is 103 Å². The molecule has 0 spiro atoms. The van der Waals surface area contributed by atoms with E-state index < -0.39 is 0 Å². The second kappa shape index (κ2) is 4.11. The van der Waals surface area contributed by atoms with Crippen LogP contribution in [-0.2, 0) is 0 Å². The van der Waals surface area contributed by atoms with Crippen molar-refractivity contribution in [1.29, 1.82) is 0 Å². The average molecular weight is 242 g/mol. The molecule has 2 aromatic heterocycles. The second-order valence-electron chi connectivity index (χ2n) is 3.65. The summed E-state index contributed by atoms with van der Waals surface area (Å²) in [5, 5.41) is 10.5. The summed E-state index contributed by atoms with van der Waals surface area (Å²) in [5.74, 6) is 0. The molecule has 82 valence electrons. The summed E-state index contributed by atoms with van der Waals surface area (Å²) >= 11 is 5.73. The van der Waals surface area contributed by atoms with Gasteiger partial charge in [0.15, 0.2) is 5.15 Å². The fourth-order valence-electron chi connectivity index (χ4n) is 1.78. The van der Waals surface area contributed by atoms with Crippen molar-refractivity contribution in [1.82, 2.24) is 15.2 Å². The van der Waals surface area contributed by atoms with E-state index in [1.807, 2.05) is 36.5 Å². The Morgan fingerprint density at radius 2 is 1.76 bits per heavy atom. The third-order valence-corrected chi connectivity index (χ3v) is 2.78. The van der Waals surface area contributed by atoms with Crippen LogP contribution in [0.3, 0.4) is 0 Å². The number of aromatic nitrogens is 3. The predicted molar refractivity (Wildman–Crippen MR) is 67.8 cm³/mol. The summed E-state index contributed by atoms with van der Waals surface area (Å²) in [6.07, 6.45) is 3.63. The molecule has 0 aliphatic carbocycles. The Morgan fingerprint density at radius 3 is 2.59 bits per heavy atom. The highest BCUT2D eigenvalue weighted by Gasteiger charge is 2.05. The maximum absolute atomic E-state index is 5.73. The van der Waals surface area contributed by atoms with Crippen LogP contribution in [0.25, 0.3) is 22.0 Å². The fourth-order valence-corrected chi connectivity index (χ4v) is 1.88. The Morgan fingerprint density at radius 1 is 0.882 bits per heavy atom. The first kappa shape index (κ1) is 10.2. The van der Waals surface area contributed by atoms with Gasteiger partial charge in [-0.25, -0.2) is 0 Å². The lowest BCUT2D eigenvalue weighted by Crippen LogP contribution is -1.89. The molecule has 17 heavy (non-hydrogen) atoms. The van der Waals surface area contributed by atoms with Gasteiger partial charge in [-0.3, -0.25) is 4.98 Å². The lowest BCUT2D eigenvalue weighted by atomic mass is 10.1. The summed E-state index contributed by atoms with van der Waals surface area (Å²) in [4.78, 5) is 4.21. The summed E-state index contributed by atoms with van der Waals surface area (Å²) in [7, 11) is 0. The maximum Gasteiger partial charge on any atom is 0.151 e. The van der Waals surface area contributed by atoms with E-state index in [4.69, 9.17) is 11.6 Å². The number of benzene rings is 1. The summed E-state index contributed by atoms with van der Waals surface area (Å²) < 4.78 is 0. The van der Waals surface area contributed by atoms with Crippen LogP contribution in [0.4, 0.5) is 0 Å². The van der Waals surface area contributed by atoms with E-state index >= 15 is 0 Å². The van der Waals surface area contributed by atoms with Gasteiger partial charge in [0.05, 0.1) is 5.69 Å². The topological polar surface area (TPSA) is 38.7 Å². The van der Waals surface area contributed by atoms with E-state index in [0.29, 0.717) is 5.15 Å². The van der Waals surface area contributed by atoms with Crippen molar-refractivity contribution in [2.75, 3.05) is 0 Å². The van der Waals surface area contributed by atoms with E-state index in [9.17, 15) is 0 Å². The number of rotatable bonds is 1. The van der Waals surface area contributed by atoms with Gasteiger partial charge in [-0.15, -0.1) is 10.2 Å². The van der Waals surface area contributed by atoms with Gasteiger partial charge in [-0.1, -0.05) is 35.9 Å². The minimum absolute atomic E-state index is 0.391. The zero-order chi connectivity index (χ0) is 11.7. The molecule has 2 heterocycles. The largest absolute Gasteiger partial charge is 0.263 e. The molecule has 0 unspecified atom stereocenters. The quantitative estimate of drug-likeness (QED) is 0.656. The third kappa shape index (κ3) is 1.85. The van der Waals surface area contributed by atoms with Crippen LogP contribution in [0.2, 0.25) is 5.15 Å². The lowest BCUT2D eigenvalue weighted by Gasteiger charge is -2.04. The van der Waals surface area contributed by atoms with Gasteiger partial charge in [-0.05, 0) is 17.5 Å².